The summed E-state index contributed by atoms with van der Waals surface area (Å²) < 4.78 is 5.50. The largest absolute Gasteiger partial charge is 0.375 e. The first-order valence-electron chi connectivity index (χ1n) is 7.62. The van der Waals surface area contributed by atoms with Crippen LogP contribution in [0, 0.1) is 0 Å². The Hall–Kier alpha value is -1.63. The minimum atomic E-state index is -0.325. The summed E-state index contributed by atoms with van der Waals surface area (Å²) in [5.74, 6) is -0.0457. The summed E-state index contributed by atoms with van der Waals surface area (Å²) in [6.45, 7) is 5.15. The Morgan fingerprint density at radius 2 is 2.22 bits per heavy atom. The average molecular weight is 340 g/mol. The van der Waals surface area contributed by atoms with Crippen molar-refractivity contribution in [2.24, 2.45) is 0 Å². The molecule has 3 rings (SSSR count). The molecule has 0 aromatic heterocycles. The van der Waals surface area contributed by atoms with Gasteiger partial charge in [0, 0.05) is 12.2 Å². The van der Waals surface area contributed by atoms with Crippen molar-refractivity contribution in [1.82, 2.24) is 10.6 Å². The zero-order chi connectivity index (χ0) is 15.7. The van der Waals surface area contributed by atoms with E-state index in [1.54, 1.807) is 0 Å². The Balaban J connectivity index is 0.00000192. The monoisotopic (exact) mass is 339 g/mol. The lowest BCUT2D eigenvalue weighted by molar-refractivity contribution is -0.129. The SMILES string of the molecule is CC(NC(=O)[C@H]1NCCO[C@@H]1C)c1ccc2c(c1)CC(=O)N2.Cl. The summed E-state index contributed by atoms with van der Waals surface area (Å²) in [6, 6.07) is 5.36. The molecule has 1 unspecified atom stereocenters. The van der Waals surface area contributed by atoms with Crippen LogP contribution in [-0.4, -0.2) is 37.1 Å². The number of nitrogens with one attached hydrogen (secondary N) is 3. The first-order chi connectivity index (χ1) is 10.5. The Kier molecular flexibility index (Phi) is 5.62. The number of anilines is 1. The van der Waals surface area contributed by atoms with Crippen LogP contribution < -0.4 is 16.0 Å². The fourth-order valence-corrected chi connectivity index (χ4v) is 2.93. The van der Waals surface area contributed by atoms with Gasteiger partial charge in [0.2, 0.25) is 11.8 Å². The van der Waals surface area contributed by atoms with Gasteiger partial charge in [-0.1, -0.05) is 12.1 Å². The van der Waals surface area contributed by atoms with Gasteiger partial charge in [-0.05, 0) is 31.0 Å². The maximum atomic E-state index is 12.4. The number of carbonyl (C=O) groups is 2. The van der Waals surface area contributed by atoms with Crippen molar-refractivity contribution in [1.29, 1.82) is 0 Å². The first kappa shape index (κ1) is 17.7. The number of hydrogen-bond acceptors (Lipinski definition) is 4. The molecule has 6 nitrogen and oxygen atoms in total. The molecule has 2 amide bonds. The quantitative estimate of drug-likeness (QED) is 0.772. The van der Waals surface area contributed by atoms with Gasteiger partial charge in [0.25, 0.3) is 0 Å². The Morgan fingerprint density at radius 3 is 2.96 bits per heavy atom. The summed E-state index contributed by atoms with van der Waals surface area (Å²) in [4.78, 5) is 23.8. The summed E-state index contributed by atoms with van der Waals surface area (Å²) in [5.41, 5.74) is 2.84. The maximum absolute atomic E-state index is 12.4. The minimum Gasteiger partial charge on any atom is -0.375 e. The molecule has 1 aromatic carbocycles. The van der Waals surface area contributed by atoms with Crippen molar-refractivity contribution in [3.63, 3.8) is 0 Å². The van der Waals surface area contributed by atoms with Crippen LogP contribution in [0.1, 0.15) is 31.0 Å². The number of fused-ring (bicyclic) bond motifs is 1. The highest BCUT2D eigenvalue weighted by Gasteiger charge is 2.29. The van der Waals surface area contributed by atoms with E-state index in [2.05, 4.69) is 16.0 Å². The molecule has 23 heavy (non-hydrogen) atoms. The van der Waals surface area contributed by atoms with Crippen LogP contribution in [0.15, 0.2) is 18.2 Å². The van der Waals surface area contributed by atoms with Crippen LogP contribution in [0.5, 0.6) is 0 Å². The highest BCUT2D eigenvalue weighted by atomic mass is 35.5. The highest BCUT2D eigenvalue weighted by Crippen LogP contribution is 2.26. The summed E-state index contributed by atoms with van der Waals surface area (Å²) in [5, 5.41) is 9.00. The number of benzene rings is 1. The molecule has 7 heteroatoms. The predicted octanol–water partition coefficient (Wildman–Crippen LogP) is 1.16. The Labute approximate surface area is 141 Å². The van der Waals surface area contributed by atoms with E-state index in [9.17, 15) is 9.59 Å². The fourth-order valence-electron chi connectivity index (χ4n) is 2.93. The third-order valence-electron chi connectivity index (χ3n) is 4.21. The molecule has 0 spiro atoms. The van der Waals surface area contributed by atoms with Crippen molar-refractivity contribution < 1.29 is 14.3 Å². The van der Waals surface area contributed by atoms with Gasteiger partial charge >= 0.3 is 0 Å². The zero-order valence-corrected chi connectivity index (χ0v) is 14.0. The molecule has 2 aliphatic rings. The lowest BCUT2D eigenvalue weighted by Crippen LogP contribution is -2.55. The molecule has 0 aliphatic carbocycles. The molecule has 126 valence electrons. The molecule has 1 aromatic rings. The van der Waals surface area contributed by atoms with Crippen LogP contribution in [0.25, 0.3) is 0 Å². The van der Waals surface area contributed by atoms with Crippen LogP contribution in [-0.2, 0) is 20.7 Å². The lowest BCUT2D eigenvalue weighted by atomic mass is 10.0. The zero-order valence-electron chi connectivity index (χ0n) is 13.2. The van der Waals surface area contributed by atoms with Gasteiger partial charge in [-0.3, -0.25) is 9.59 Å². The number of morpholine rings is 1. The Morgan fingerprint density at radius 1 is 1.43 bits per heavy atom. The maximum Gasteiger partial charge on any atom is 0.240 e. The van der Waals surface area contributed by atoms with Crippen molar-refractivity contribution in [2.45, 2.75) is 38.5 Å². The summed E-state index contributed by atoms with van der Waals surface area (Å²) in [7, 11) is 0. The van der Waals surface area contributed by atoms with Gasteiger partial charge in [0.15, 0.2) is 0 Å². The molecule has 0 radical (unpaired) electrons. The minimum absolute atomic E-state index is 0. The number of halogens is 1. The van der Waals surface area contributed by atoms with Crippen LogP contribution in [0.2, 0.25) is 0 Å². The number of ether oxygens (including phenoxy) is 1. The number of carbonyl (C=O) groups excluding carboxylic acids is 2. The van der Waals surface area contributed by atoms with Crippen LogP contribution in [0.3, 0.4) is 0 Å². The van der Waals surface area contributed by atoms with E-state index in [0.29, 0.717) is 19.6 Å². The van der Waals surface area contributed by atoms with Gasteiger partial charge in [0.05, 0.1) is 25.2 Å². The third-order valence-corrected chi connectivity index (χ3v) is 4.21. The van der Waals surface area contributed by atoms with Gasteiger partial charge < -0.3 is 20.7 Å². The van der Waals surface area contributed by atoms with Crippen LogP contribution >= 0.6 is 12.4 Å². The smallest absolute Gasteiger partial charge is 0.240 e. The topological polar surface area (TPSA) is 79.5 Å². The second-order valence-electron chi connectivity index (χ2n) is 5.88. The summed E-state index contributed by atoms with van der Waals surface area (Å²) in [6.07, 6.45) is 0.265. The van der Waals surface area contributed by atoms with E-state index in [-0.39, 0.29) is 42.4 Å². The van der Waals surface area contributed by atoms with E-state index < -0.39 is 0 Å². The molecule has 3 atom stereocenters. The third kappa shape index (κ3) is 3.83. The number of amides is 2. The van der Waals surface area contributed by atoms with E-state index >= 15 is 0 Å². The normalized spacial score (nSPS) is 24.2. The molecular formula is C16H22ClN3O3. The van der Waals surface area contributed by atoms with Gasteiger partial charge in [0.1, 0.15) is 6.04 Å². The van der Waals surface area contributed by atoms with E-state index in [1.807, 2.05) is 32.0 Å². The molecule has 2 aliphatic heterocycles. The molecule has 0 bridgehead atoms. The molecule has 2 heterocycles. The summed E-state index contributed by atoms with van der Waals surface area (Å²) >= 11 is 0. The van der Waals surface area contributed by atoms with Crippen LogP contribution in [0.4, 0.5) is 5.69 Å². The number of rotatable bonds is 3. The fraction of sp³-hybridized carbons (Fsp3) is 0.500. The lowest BCUT2D eigenvalue weighted by Gasteiger charge is -2.30. The van der Waals surface area contributed by atoms with Gasteiger partial charge in [-0.25, -0.2) is 0 Å². The average Bonchev–Trinajstić information content (AvgIpc) is 2.86. The van der Waals surface area contributed by atoms with Crippen molar-refractivity contribution in [3.8, 4) is 0 Å². The predicted molar refractivity (Wildman–Crippen MR) is 89.8 cm³/mol. The van der Waals surface area contributed by atoms with Gasteiger partial charge in [-0.2, -0.15) is 0 Å². The van der Waals surface area contributed by atoms with E-state index in [4.69, 9.17) is 4.74 Å². The van der Waals surface area contributed by atoms with Crippen molar-refractivity contribution in [2.75, 3.05) is 18.5 Å². The highest BCUT2D eigenvalue weighted by molar-refractivity contribution is 5.99. The molecule has 3 N–H and O–H groups in total. The van der Waals surface area contributed by atoms with Crippen molar-refractivity contribution >= 4 is 29.9 Å². The molecular weight excluding hydrogens is 318 g/mol. The molecule has 1 fully saturated rings. The van der Waals surface area contributed by atoms with E-state index in [1.165, 1.54) is 0 Å². The standard InChI is InChI=1S/C16H21N3O3.ClH/c1-9(18-16(21)15-10(2)22-6-5-17-15)11-3-4-13-12(7-11)8-14(20)19-13;/h3-4,7,9-10,15,17H,5-6,8H2,1-2H3,(H,18,21)(H,19,20);1H/t9?,10-,15+;/m1./s1. The second-order valence-corrected chi connectivity index (χ2v) is 5.88. The first-order valence-corrected chi connectivity index (χ1v) is 7.62. The second kappa shape index (κ2) is 7.29. The molecule has 0 saturated carbocycles. The van der Waals surface area contributed by atoms with E-state index in [0.717, 1.165) is 16.8 Å². The number of hydrogen-bond donors (Lipinski definition) is 3. The molecule has 1 saturated heterocycles. The van der Waals surface area contributed by atoms with Gasteiger partial charge in [-0.15, -0.1) is 12.4 Å². The van der Waals surface area contributed by atoms with Crippen molar-refractivity contribution in [3.05, 3.63) is 29.3 Å². The Bertz CT molecular complexity index is 608.